The van der Waals surface area contributed by atoms with Crippen molar-refractivity contribution in [3.63, 3.8) is 0 Å². The van der Waals surface area contributed by atoms with Crippen molar-refractivity contribution in [2.24, 2.45) is 11.8 Å². The highest BCUT2D eigenvalue weighted by Gasteiger charge is 2.31. The average molecular weight is 296 g/mol. The number of carboxylic acid groups (broad SMARTS) is 1. The van der Waals surface area contributed by atoms with Crippen LogP contribution >= 0.6 is 11.6 Å². The number of aliphatic carboxylic acids is 1. The minimum atomic E-state index is -0.827. The minimum absolute atomic E-state index is 0.0594. The zero-order valence-corrected chi connectivity index (χ0v) is 12.1. The first-order valence-electron chi connectivity index (χ1n) is 6.71. The summed E-state index contributed by atoms with van der Waals surface area (Å²) >= 11 is 6.05. The number of amides is 1. The summed E-state index contributed by atoms with van der Waals surface area (Å²) in [7, 11) is 0. The molecule has 1 saturated heterocycles. The number of carbonyl (C=O) groups excluding carboxylic acids is 1. The Morgan fingerprint density at radius 1 is 1.35 bits per heavy atom. The molecular weight excluding hydrogens is 278 g/mol. The Morgan fingerprint density at radius 3 is 2.70 bits per heavy atom. The Bertz CT molecular complexity index is 518. The molecular formula is C15H18ClNO3. The lowest BCUT2D eigenvalue weighted by Gasteiger charge is -2.34. The fraction of sp³-hybridized carbons (Fsp3) is 0.467. The van der Waals surface area contributed by atoms with Crippen LogP contribution in [0.2, 0.25) is 5.02 Å². The Morgan fingerprint density at radius 2 is 2.05 bits per heavy atom. The second-order valence-corrected chi connectivity index (χ2v) is 5.85. The summed E-state index contributed by atoms with van der Waals surface area (Å²) < 4.78 is 0. The van der Waals surface area contributed by atoms with Crippen LogP contribution in [0.15, 0.2) is 24.3 Å². The first-order valence-corrected chi connectivity index (χ1v) is 7.09. The van der Waals surface area contributed by atoms with E-state index in [4.69, 9.17) is 16.7 Å². The quantitative estimate of drug-likeness (QED) is 0.932. The van der Waals surface area contributed by atoms with Crippen LogP contribution in [-0.2, 0) is 16.0 Å². The number of halogens is 1. The summed E-state index contributed by atoms with van der Waals surface area (Å²) in [6, 6.07) is 7.23. The second-order valence-electron chi connectivity index (χ2n) is 5.44. The van der Waals surface area contributed by atoms with Gasteiger partial charge in [0, 0.05) is 18.1 Å². The third-order valence-electron chi connectivity index (χ3n) is 3.66. The van der Waals surface area contributed by atoms with Crippen LogP contribution in [0.1, 0.15) is 18.9 Å². The van der Waals surface area contributed by atoms with E-state index < -0.39 is 11.9 Å². The van der Waals surface area contributed by atoms with Crippen LogP contribution < -0.4 is 0 Å². The number of carbonyl (C=O) groups is 2. The highest BCUT2D eigenvalue weighted by molar-refractivity contribution is 6.31. The summed E-state index contributed by atoms with van der Waals surface area (Å²) in [4.78, 5) is 25.1. The highest BCUT2D eigenvalue weighted by Crippen LogP contribution is 2.23. The van der Waals surface area contributed by atoms with Gasteiger partial charge in [-0.1, -0.05) is 36.7 Å². The van der Waals surface area contributed by atoms with Crippen LogP contribution in [0.3, 0.4) is 0 Å². The van der Waals surface area contributed by atoms with Crippen LogP contribution in [0.25, 0.3) is 0 Å². The number of rotatable bonds is 3. The van der Waals surface area contributed by atoms with E-state index in [1.807, 2.05) is 25.1 Å². The topological polar surface area (TPSA) is 57.6 Å². The molecule has 20 heavy (non-hydrogen) atoms. The van der Waals surface area contributed by atoms with Crippen molar-refractivity contribution >= 4 is 23.5 Å². The van der Waals surface area contributed by atoms with Gasteiger partial charge in [-0.3, -0.25) is 9.59 Å². The minimum Gasteiger partial charge on any atom is -0.481 e. The van der Waals surface area contributed by atoms with E-state index in [0.29, 0.717) is 24.5 Å². The molecule has 1 amide bonds. The van der Waals surface area contributed by atoms with E-state index in [2.05, 4.69) is 0 Å². The largest absolute Gasteiger partial charge is 0.481 e. The van der Waals surface area contributed by atoms with Gasteiger partial charge in [0.2, 0.25) is 5.91 Å². The summed E-state index contributed by atoms with van der Waals surface area (Å²) in [5, 5.41) is 9.70. The van der Waals surface area contributed by atoms with E-state index in [-0.39, 0.29) is 18.2 Å². The maximum Gasteiger partial charge on any atom is 0.308 e. The lowest BCUT2D eigenvalue weighted by molar-refractivity contribution is -0.146. The molecule has 4 nitrogen and oxygen atoms in total. The fourth-order valence-electron chi connectivity index (χ4n) is 2.65. The monoisotopic (exact) mass is 295 g/mol. The lowest BCUT2D eigenvalue weighted by atomic mass is 9.90. The third kappa shape index (κ3) is 3.51. The molecule has 1 N–H and O–H groups in total. The molecule has 2 rings (SSSR count). The predicted molar refractivity (Wildman–Crippen MR) is 76.6 cm³/mol. The van der Waals surface area contributed by atoms with Gasteiger partial charge < -0.3 is 10.0 Å². The smallest absolute Gasteiger partial charge is 0.308 e. The molecule has 1 aliphatic heterocycles. The molecule has 1 aromatic carbocycles. The van der Waals surface area contributed by atoms with Gasteiger partial charge in [0.15, 0.2) is 0 Å². The number of benzene rings is 1. The summed E-state index contributed by atoms with van der Waals surface area (Å²) in [6.45, 7) is 2.89. The Balaban J connectivity index is 2.05. The molecule has 0 saturated carbocycles. The van der Waals surface area contributed by atoms with Gasteiger partial charge in [0.1, 0.15) is 0 Å². The van der Waals surface area contributed by atoms with Crippen LogP contribution in [0, 0.1) is 11.8 Å². The molecule has 1 aromatic rings. The van der Waals surface area contributed by atoms with Crippen molar-refractivity contribution in [2.75, 3.05) is 13.1 Å². The predicted octanol–water partition coefficient (Wildman–Crippen LogP) is 2.45. The molecule has 108 valence electrons. The average Bonchev–Trinajstić information content (AvgIpc) is 2.40. The number of carboxylic acids is 1. The van der Waals surface area contributed by atoms with E-state index in [9.17, 15) is 9.59 Å². The molecule has 0 aliphatic carbocycles. The maximum atomic E-state index is 12.3. The molecule has 0 radical (unpaired) electrons. The molecule has 2 atom stereocenters. The van der Waals surface area contributed by atoms with Crippen molar-refractivity contribution in [3.8, 4) is 0 Å². The van der Waals surface area contributed by atoms with Crippen LogP contribution in [0.4, 0.5) is 0 Å². The number of likely N-dealkylation sites (tertiary alicyclic amines) is 1. The van der Waals surface area contributed by atoms with E-state index >= 15 is 0 Å². The van der Waals surface area contributed by atoms with Crippen molar-refractivity contribution in [3.05, 3.63) is 34.9 Å². The van der Waals surface area contributed by atoms with Crippen molar-refractivity contribution in [2.45, 2.75) is 19.8 Å². The van der Waals surface area contributed by atoms with Crippen LogP contribution in [0.5, 0.6) is 0 Å². The zero-order valence-electron chi connectivity index (χ0n) is 11.4. The third-order valence-corrected chi connectivity index (χ3v) is 4.03. The normalized spacial score (nSPS) is 22.6. The van der Waals surface area contributed by atoms with E-state index in [0.717, 1.165) is 5.56 Å². The van der Waals surface area contributed by atoms with Crippen molar-refractivity contribution in [1.29, 1.82) is 0 Å². The van der Waals surface area contributed by atoms with Gasteiger partial charge in [-0.25, -0.2) is 0 Å². The molecule has 0 bridgehead atoms. The molecule has 1 heterocycles. The Kier molecular flexibility index (Phi) is 4.65. The molecule has 1 aliphatic rings. The van der Waals surface area contributed by atoms with Crippen molar-refractivity contribution in [1.82, 2.24) is 4.90 Å². The SMILES string of the molecule is CC1CC(C(=O)O)CN(C(=O)Cc2ccccc2Cl)C1. The molecule has 0 spiro atoms. The number of hydrogen-bond donors (Lipinski definition) is 1. The standard InChI is InChI=1S/C15H18ClNO3/c1-10-6-12(15(19)20)9-17(8-10)14(18)7-11-4-2-3-5-13(11)16/h2-5,10,12H,6-9H2,1H3,(H,19,20). The fourth-order valence-corrected chi connectivity index (χ4v) is 2.85. The molecule has 5 heteroatoms. The second kappa shape index (κ2) is 6.27. The number of hydrogen-bond acceptors (Lipinski definition) is 2. The Labute approximate surface area is 123 Å². The first kappa shape index (κ1) is 14.9. The maximum absolute atomic E-state index is 12.3. The molecule has 0 aromatic heterocycles. The van der Waals surface area contributed by atoms with Gasteiger partial charge >= 0.3 is 5.97 Å². The lowest BCUT2D eigenvalue weighted by Crippen LogP contribution is -2.46. The Hall–Kier alpha value is -1.55. The molecule has 2 unspecified atom stereocenters. The number of nitrogens with zero attached hydrogens (tertiary/aromatic N) is 1. The zero-order chi connectivity index (χ0) is 14.7. The van der Waals surface area contributed by atoms with Crippen LogP contribution in [-0.4, -0.2) is 35.0 Å². The van der Waals surface area contributed by atoms with Gasteiger partial charge in [0.05, 0.1) is 12.3 Å². The highest BCUT2D eigenvalue weighted by atomic mass is 35.5. The molecule has 1 fully saturated rings. The van der Waals surface area contributed by atoms with Gasteiger partial charge in [-0.15, -0.1) is 0 Å². The van der Waals surface area contributed by atoms with Crippen molar-refractivity contribution < 1.29 is 14.7 Å². The van der Waals surface area contributed by atoms with E-state index in [1.54, 1.807) is 11.0 Å². The van der Waals surface area contributed by atoms with Gasteiger partial charge in [0.25, 0.3) is 0 Å². The van der Waals surface area contributed by atoms with Gasteiger partial charge in [-0.05, 0) is 24.0 Å². The first-order chi connectivity index (χ1) is 9.47. The summed E-state index contributed by atoms with van der Waals surface area (Å²) in [5.41, 5.74) is 0.782. The van der Waals surface area contributed by atoms with Gasteiger partial charge in [-0.2, -0.15) is 0 Å². The number of piperidine rings is 1. The van der Waals surface area contributed by atoms with E-state index in [1.165, 1.54) is 0 Å². The summed E-state index contributed by atoms with van der Waals surface area (Å²) in [5.74, 6) is -1.14. The summed E-state index contributed by atoms with van der Waals surface area (Å²) in [6.07, 6.45) is 0.851.